The Morgan fingerprint density at radius 3 is 2.25 bits per heavy atom. The van der Waals surface area contributed by atoms with E-state index in [0.717, 1.165) is 11.1 Å². The number of ether oxygens (including phenoxy) is 1. The van der Waals surface area contributed by atoms with Gasteiger partial charge in [0, 0.05) is 5.56 Å². The highest BCUT2D eigenvalue weighted by atomic mass is 16.5. The van der Waals surface area contributed by atoms with Crippen molar-refractivity contribution in [3.05, 3.63) is 53.6 Å². The van der Waals surface area contributed by atoms with Gasteiger partial charge in [0.1, 0.15) is 5.75 Å². The first-order valence-electron chi connectivity index (χ1n) is 6.55. The van der Waals surface area contributed by atoms with Gasteiger partial charge in [-0.25, -0.2) is 4.79 Å². The van der Waals surface area contributed by atoms with E-state index in [0.29, 0.717) is 16.9 Å². The van der Waals surface area contributed by atoms with Crippen LogP contribution in [-0.2, 0) is 0 Å². The molecule has 20 heavy (non-hydrogen) atoms. The molecule has 0 bridgehead atoms. The van der Waals surface area contributed by atoms with Gasteiger partial charge in [0.05, 0.1) is 12.7 Å². The second-order valence-corrected chi connectivity index (χ2v) is 4.93. The zero-order chi connectivity index (χ0) is 14.7. The molecular weight excluding hydrogens is 252 g/mol. The normalized spacial score (nSPS) is 10.6. The minimum Gasteiger partial charge on any atom is -0.496 e. The smallest absolute Gasteiger partial charge is 0.336 e. The lowest BCUT2D eigenvalue weighted by molar-refractivity contribution is 0.0695. The lowest BCUT2D eigenvalue weighted by Crippen LogP contribution is -2.08. The lowest BCUT2D eigenvalue weighted by Gasteiger charge is -2.17. The van der Waals surface area contributed by atoms with Gasteiger partial charge in [0.2, 0.25) is 0 Å². The first kappa shape index (κ1) is 14.1. The third kappa shape index (κ3) is 2.52. The zero-order valence-corrected chi connectivity index (χ0v) is 11.9. The summed E-state index contributed by atoms with van der Waals surface area (Å²) in [6.45, 7) is 3.98. The maximum Gasteiger partial charge on any atom is 0.336 e. The van der Waals surface area contributed by atoms with E-state index < -0.39 is 5.97 Å². The fourth-order valence-electron chi connectivity index (χ4n) is 2.37. The fraction of sp³-hybridized carbons (Fsp3) is 0.235. The molecule has 0 aliphatic carbocycles. The second-order valence-electron chi connectivity index (χ2n) is 4.93. The molecule has 0 fully saturated rings. The molecule has 3 heteroatoms. The second kappa shape index (κ2) is 5.78. The third-order valence-electron chi connectivity index (χ3n) is 3.32. The molecule has 0 saturated carbocycles. The molecule has 2 aromatic carbocycles. The molecule has 0 saturated heterocycles. The van der Waals surface area contributed by atoms with E-state index in [9.17, 15) is 9.90 Å². The number of carboxylic acids is 1. The standard InChI is InChI=1S/C17H18O3/c1-11(2)13-9-10-14(20-3)15(16(13)17(18)19)12-7-5-4-6-8-12/h4-11H,1-3H3,(H,18,19). The first-order chi connectivity index (χ1) is 9.56. The van der Waals surface area contributed by atoms with Crippen LogP contribution in [0.5, 0.6) is 5.75 Å². The molecule has 0 atom stereocenters. The molecule has 104 valence electrons. The van der Waals surface area contributed by atoms with Crippen LogP contribution in [0, 0.1) is 0 Å². The van der Waals surface area contributed by atoms with Crippen molar-refractivity contribution in [2.45, 2.75) is 19.8 Å². The number of hydrogen-bond donors (Lipinski definition) is 1. The highest BCUT2D eigenvalue weighted by molar-refractivity contribution is 5.99. The Bertz CT molecular complexity index is 616. The molecule has 0 radical (unpaired) electrons. The van der Waals surface area contributed by atoms with Crippen molar-refractivity contribution in [1.82, 2.24) is 0 Å². The van der Waals surface area contributed by atoms with E-state index in [2.05, 4.69) is 0 Å². The average Bonchev–Trinajstić information content (AvgIpc) is 2.46. The molecule has 2 aromatic rings. The highest BCUT2D eigenvalue weighted by Crippen LogP contribution is 2.37. The number of benzene rings is 2. The van der Waals surface area contributed by atoms with Crippen LogP contribution in [0.25, 0.3) is 11.1 Å². The van der Waals surface area contributed by atoms with Crippen molar-refractivity contribution in [2.24, 2.45) is 0 Å². The summed E-state index contributed by atoms with van der Waals surface area (Å²) in [4.78, 5) is 11.7. The maximum absolute atomic E-state index is 11.7. The minimum absolute atomic E-state index is 0.134. The first-order valence-corrected chi connectivity index (χ1v) is 6.55. The van der Waals surface area contributed by atoms with Crippen LogP contribution in [0.1, 0.15) is 35.7 Å². The van der Waals surface area contributed by atoms with Crippen LogP contribution in [0.15, 0.2) is 42.5 Å². The van der Waals surface area contributed by atoms with Crippen LogP contribution in [0.2, 0.25) is 0 Å². The SMILES string of the molecule is COc1ccc(C(C)C)c(C(=O)O)c1-c1ccccc1. The molecule has 0 aromatic heterocycles. The number of methoxy groups -OCH3 is 1. The van der Waals surface area contributed by atoms with E-state index in [4.69, 9.17) is 4.74 Å². The molecule has 0 aliphatic heterocycles. The molecule has 2 rings (SSSR count). The Kier molecular flexibility index (Phi) is 4.08. The number of carbonyl (C=O) groups is 1. The van der Waals surface area contributed by atoms with Crippen LogP contribution < -0.4 is 4.74 Å². The Labute approximate surface area is 118 Å². The number of hydrogen-bond acceptors (Lipinski definition) is 2. The summed E-state index contributed by atoms with van der Waals surface area (Å²) in [5.74, 6) is -0.209. The zero-order valence-electron chi connectivity index (χ0n) is 11.9. The Morgan fingerprint density at radius 1 is 1.10 bits per heavy atom. The molecule has 3 nitrogen and oxygen atoms in total. The van der Waals surface area contributed by atoms with Gasteiger partial charge >= 0.3 is 5.97 Å². The van der Waals surface area contributed by atoms with E-state index in [1.54, 1.807) is 7.11 Å². The summed E-state index contributed by atoms with van der Waals surface area (Å²) in [5, 5.41) is 9.62. The van der Waals surface area contributed by atoms with Crippen molar-refractivity contribution >= 4 is 5.97 Å². The number of carboxylic acid groups (broad SMARTS) is 1. The van der Waals surface area contributed by atoms with Gasteiger partial charge in [-0.15, -0.1) is 0 Å². The van der Waals surface area contributed by atoms with Gasteiger partial charge < -0.3 is 9.84 Å². The van der Waals surface area contributed by atoms with Crippen LogP contribution in [0.3, 0.4) is 0 Å². The topological polar surface area (TPSA) is 46.5 Å². The van der Waals surface area contributed by atoms with Crippen LogP contribution >= 0.6 is 0 Å². The lowest BCUT2D eigenvalue weighted by atomic mass is 9.89. The molecule has 1 N–H and O–H groups in total. The Hall–Kier alpha value is -2.29. The van der Waals surface area contributed by atoms with E-state index in [-0.39, 0.29) is 5.92 Å². The molecule has 0 heterocycles. The Balaban J connectivity index is 2.81. The molecule has 0 amide bonds. The summed E-state index contributed by atoms with van der Waals surface area (Å²) in [5.41, 5.74) is 2.64. The van der Waals surface area contributed by atoms with Gasteiger partial charge in [0.15, 0.2) is 0 Å². The third-order valence-corrected chi connectivity index (χ3v) is 3.32. The van der Waals surface area contributed by atoms with Crippen LogP contribution in [0.4, 0.5) is 0 Å². The van der Waals surface area contributed by atoms with Crippen molar-refractivity contribution in [1.29, 1.82) is 0 Å². The molecular formula is C17H18O3. The predicted octanol–water partition coefficient (Wildman–Crippen LogP) is 4.18. The van der Waals surface area contributed by atoms with E-state index >= 15 is 0 Å². The van der Waals surface area contributed by atoms with E-state index in [1.807, 2.05) is 56.3 Å². The van der Waals surface area contributed by atoms with Gasteiger partial charge in [-0.1, -0.05) is 50.2 Å². The minimum atomic E-state index is -0.925. The van der Waals surface area contributed by atoms with Crippen molar-refractivity contribution in [3.63, 3.8) is 0 Å². The van der Waals surface area contributed by atoms with Gasteiger partial charge in [-0.3, -0.25) is 0 Å². The Morgan fingerprint density at radius 2 is 1.75 bits per heavy atom. The highest BCUT2D eigenvalue weighted by Gasteiger charge is 2.22. The van der Waals surface area contributed by atoms with Gasteiger partial charge in [0.25, 0.3) is 0 Å². The monoisotopic (exact) mass is 270 g/mol. The largest absolute Gasteiger partial charge is 0.496 e. The number of rotatable bonds is 4. The summed E-state index contributed by atoms with van der Waals surface area (Å²) in [6, 6.07) is 13.2. The molecule has 0 unspecified atom stereocenters. The summed E-state index contributed by atoms with van der Waals surface area (Å²) in [6.07, 6.45) is 0. The molecule has 0 spiro atoms. The maximum atomic E-state index is 11.7. The summed E-state index contributed by atoms with van der Waals surface area (Å²) >= 11 is 0. The van der Waals surface area contributed by atoms with E-state index in [1.165, 1.54) is 0 Å². The average molecular weight is 270 g/mol. The summed E-state index contributed by atoms with van der Waals surface area (Å²) < 4.78 is 5.36. The van der Waals surface area contributed by atoms with Crippen molar-refractivity contribution in [3.8, 4) is 16.9 Å². The summed E-state index contributed by atoms with van der Waals surface area (Å²) in [7, 11) is 1.56. The van der Waals surface area contributed by atoms with Crippen molar-refractivity contribution in [2.75, 3.05) is 7.11 Å². The number of aromatic carboxylic acids is 1. The van der Waals surface area contributed by atoms with Crippen molar-refractivity contribution < 1.29 is 14.6 Å². The fourth-order valence-corrected chi connectivity index (χ4v) is 2.37. The molecule has 0 aliphatic rings. The van der Waals surface area contributed by atoms with Gasteiger partial charge in [-0.05, 0) is 23.1 Å². The predicted molar refractivity (Wildman–Crippen MR) is 79.5 cm³/mol. The quantitative estimate of drug-likeness (QED) is 0.906. The van der Waals surface area contributed by atoms with Gasteiger partial charge in [-0.2, -0.15) is 0 Å². The van der Waals surface area contributed by atoms with Crippen LogP contribution in [-0.4, -0.2) is 18.2 Å².